The fourth-order valence-corrected chi connectivity index (χ4v) is 2.14. The predicted octanol–water partition coefficient (Wildman–Crippen LogP) is 3.12. The van der Waals surface area contributed by atoms with E-state index >= 15 is 0 Å². The van der Waals surface area contributed by atoms with Crippen LogP contribution in [0, 0.1) is 0 Å². The third-order valence-electron chi connectivity index (χ3n) is 3.02. The van der Waals surface area contributed by atoms with Crippen LogP contribution in [0.2, 0.25) is 5.02 Å². The van der Waals surface area contributed by atoms with Gasteiger partial charge in [-0.05, 0) is 36.8 Å². The molecule has 104 valence electrons. The lowest BCUT2D eigenvalue weighted by Crippen LogP contribution is -2.28. The van der Waals surface area contributed by atoms with E-state index in [1.807, 2.05) is 31.2 Å². The van der Waals surface area contributed by atoms with E-state index in [1.54, 1.807) is 24.3 Å². The summed E-state index contributed by atoms with van der Waals surface area (Å²) in [5.74, 6) is 5.21. The lowest BCUT2D eigenvalue weighted by atomic mass is 10.1. The van der Waals surface area contributed by atoms with E-state index < -0.39 is 0 Å². The zero-order valence-corrected chi connectivity index (χ0v) is 11.8. The second-order valence-corrected chi connectivity index (χ2v) is 4.88. The number of nitrogens with one attached hydrogen (secondary N) is 2. The molecule has 2 rings (SSSR count). The summed E-state index contributed by atoms with van der Waals surface area (Å²) in [5.41, 5.74) is 4.55. The molecule has 0 aliphatic rings. The Hall–Kier alpha value is -2.04. The monoisotopic (exact) mass is 289 g/mol. The van der Waals surface area contributed by atoms with Crippen LogP contribution >= 0.6 is 11.6 Å². The van der Waals surface area contributed by atoms with Crippen LogP contribution < -0.4 is 16.6 Å². The Morgan fingerprint density at radius 1 is 1.20 bits per heavy atom. The molecule has 0 bridgehead atoms. The number of benzene rings is 2. The molecule has 0 fully saturated rings. The van der Waals surface area contributed by atoms with Crippen molar-refractivity contribution in [3.05, 3.63) is 64.7 Å². The number of anilines is 1. The smallest absolute Gasteiger partial charge is 0.253 e. The van der Waals surface area contributed by atoms with Gasteiger partial charge in [-0.2, -0.15) is 0 Å². The largest absolute Gasteiger partial charge is 0.345 e. The molecule has 0 saturated heterocycles. The van der Waals surface area contributed by atoms with E-state index in [1.165, 1.54) is 0 Å². The fourth-order valence-electron chi connectivity index (χ4n) is 1.94. The van der Waals surface area contributed by atoms with Gasteiger partial charge in [0.15, 0.2) is 0 Å². The molecule has 1 amide bonds. The summed E-state index contributed by atoms with van der Waals surface area (Å²) < 4.78 is 0. The van der Waals surface area contributed by atoms with Gasteiger partial charge in [0.05, 0.1) is 17.3 Å². The second kappa shape index (κ2) is 6.41. The molecule has 1 atom stereocenters. The maximum absolute atomic E-state index is 12.3. The lowest BCUT2D eigenvalue weighted by molar-refractivity contribution is 0.0940. The minimum Gasteiger partial charge on any atom is -0.345 e. The Morgan fingerprint density at radius 3 is 2.65 bits per heavy atom. The van der Waals surface area contributed by atoms with Crippen molar-refractivity contribution in [2.45, 2.75) is 13.0 Å². The molecule has 0 aliphatic heterocycles. The number of rotatable bonds is 4. The first-order chi connectivity index (χ1) is 9.61. The predicted molar refractivity (Wildman–Crippen MR) is 81.6 cm³/mol. The summed E-state index contributed by atoms with van der Waals surface area (Å²) in [4.78, 5) is 12.3. The highest BCUT2D eigenvalue weighted by atomic mass is 35.5. The number of hydrogen-bond donors (Lipinski definition) is 3. The van der Waals surface area contributed by atoms with Gasteiger partial charge in [0, 0.05) is 5.02 Å². The summed E-state index contributed by atoms with van der Waals surface area (Å²) >= 11 is 5.95. The van der Waals surface area contributed by atoms with Crippen molar-refractivity contribution in [2.24, 2.45) is 5.84 Å². The standard InChI is InChI=1S/C15H16ClN3O/c1-10(11-5-4-6-12(16)9-11)18-15(20)13-7-2-3-8-14(13)19-17/h2-10,19H,17H2,1H3,(H,18,20). The van der Waals surface area contributed by atoms with E-state index in [2.05, 4.69) is 10.7 Å². The summed E-state index contributed by atoms with van der Waals surface area (Å²) in [6, 6.07) is 14.3. The van der Waals surface area contributed by atoms with E-state index in [-0.39, 0.29) is 11.9 Å². The average Bonchev–Trinajstić information content (AvgIpc) is 2.47. The highest BCUT2D eigenvalue weighted by Crippen LogP contribution is 2.19. The van der Waals surface area contributed by atoms with E-state index in [4.69, 9.17) is 17.4 Å². The van der Waals surface area contributed by atoms with E-state index in [0.717, 1.165) is 5.56 Å². The Morgan fingerprint density at radius 2 is 1.95 bits per heavy atom. The first-order valence-corrected chi connectivity index (χ1v) is 6.61. The molecule has 0 spiro atoms. The topological polar surface area (TPSA) is 67.2 Å². The molecular formula is C15H16ClN3O. The summed E-state index contributed by atoms with van der Waals surface area (Å²) in [7, 11) is 0. The molecule has 0 radical (unpaired) electrons. The molecule has 4 nitrogen and oxygen atoms in total. The van der Waals surface area contributed by atoms with Gasteiger partial charge >= 0.3 is 0 Å². The minimum atomic E-state index is -0.189. The van der Waals surface area contributed by atoms with Crippen molar-refractivity contribution >= 4 is 23.2 Å². The van der Waals surface area contributed by atoms with E-state index in [0.29, 0.717) is 16.3 Å². The number of hydrazine groups is 1. The highest BCUT2D eigenvalue weighted by Gasteiger charge is 2.14. The zero-order valence-electron chi connectivity index (χ0n) is 11.1. The number of carbonyl (C=O) groups excluding carboxylic acids is 1. The van der Waals surface area contributed by atoms with Gasteiger partial charge in [-0.25, -0.2) is 0 Å². The third kappa shape index (κ3) is 3.29. The van der Waals surface area contributed by atoms with Gasteiger partial charge in [0.25, 0.3) is 5.91 Å². The third-order valence-corrected chi connectivity index (χ3v) is 3.26. The Labute approximate surface area is 122 Å². The van der Waals surface area contributed by atoms with Crippen LogP contribution in [0.1, 0.15) is 28.9 Å². The maximum Gasteiger partial charge on any atom is 0.253 e. The van der Waals surface area contributed by atoms with Crippen LogP contribution in [0.3, 0.4) is 0 Å². The van der Waals surface area contributed by atoms with Gasteiger partial charge in [0.1, 0.15) is 0 Å². The van der Waals surface area contributed by atoms with Gasteiger partial charge in [-0.3, -0.25) is 10.6 Å². The number of nitrogen functional groups attached to an aromatic ring is 1. The molecular weight excluding hydrogens is 274 g/mol. The van der Waals surface area contributed by atoms with Crippen molar-refractivity contribution in [3.8, 4) is 0 Å². The number of halogens is 1. The Balaban J connectivity index is 2.15. The number of carbonyl (C=O) groups is 1. The summed E-state index contributed by atoms with van der Waals surface area (Å²) in [6.45, 7) is 1.90. The molecule has 5 heteroatoms. The first kappa shape index (κ1) is 14.4. The number of hydrogen-bond acceptors (Lipinski definition) is 3. The van der Waals surface area contributed by atoms with Crippen molar-refractivity contribution < 1.29 is 4.79 Å². The normalized spacial score (nSPS) is 11.8. The van der Waals surface area contributed by atoms with Crippen LogP contribution in [0.4, 0.5) is 5.69 Å². The van der Waals surface area contributed by atoms with Crippen LogP contribution in [-0.4, -0.2) is 5.91 Å². The van der Waals surface area contributed by atoms with Crippen LogP contribution in [0.25, 0.3) is 0 Å². The fraction of sp³-hybridized carbons (Fsp3) is 0.133. The molecule has 0 aromatic heterocycles. The molecule has 0 heterocycles. The number of amides is 1. The highest BCUT2D eigenvalue weighted by molar-refractivity contribution is 6.30. The summed E-state index contributed by atoms with van der Waals surface area (Å²) in [5, 5.41) is 3.57. The quantitative estimate of drug-likeness (QED) is 0.598. The van der Waals surface area contributed by atoms with Gasteiger partial charge in [-0.1, -0.05) is 35.9 Å². The van der Waals surface area contributed by atoms with E-state index in [9.17, 15) is 4.79 Å². The lowest BCUT2D eigenvalue weighted by Gasteiger charge is -2.16. The molecule has 2 aromatic carbocycles. The number of nitrogens with two attached hydrogens (primary N) is 1. The van der Waals surface area contributed by atoms with Crippen molar-refractivity contribution in [2.75, 3.05) is 5.43 Å². The Kier molecular flexibility index (Phi) is 4.61. The van der Waals surface area contributed by atoms with Gasteiger partial charge in [-0.15, -0.1) is 0 Å². The van der Waals surface area contributed by atoms with Gasteiger partial charge < -0.3 is 10.7 Å². The van der Waals surface area contributed by atoms with Crippen molar-refractivity contribution in [1.82, 2.24) is 5.32 Å². The van der Waals surface area contributed by atoms with Crippen LogP contribution in [0.5, 0.6) is 0 Å². The maximum atomic E-state index is 12.3. The van der Waals surface area contributed by atoms with Crippen LogP contribution in [0.15, 0.2) is 48.5 Å². The molecule has 2 aromatic rings. The first-order valence-electron chi connectivity index (χ1n) is 6.24. The minimum absolute atomic E-state index is 0.146. The zero-order chi connectivity index (χ0) is 14.5. The molecule has 0 aliphatic carbocycles. The second-order valence-electron chi connectivity index (χ2n) is 4.44. The SMILES string of the molecule is CC(NC(=O)c1ccccc1NN)c1cccc(Cl)c1. The van der Waals surface area contributed by atoms with Crippen LogP contribution in [-0.2, 0) is 0 Å². The molecule has 0 saturated carbocycles. The molecule has 20 heavy (non-hydrogen) atoms. The van der Waals surface area contributed by atoms with Crippen molar-refractivity contribution in [1.29, 1.82) is 0 Å². The van der Waals surface area contributed by atoms with Gasteiger partial charge in [0.2, 0.25) is 0 Å². The number of para-hydroxylation sites is 1. The Bertz CT molecular complexity index is 616. The average molecular weight is 290 g/mol. The summed E-state index contributed by atoms with van der Waals surface area (Å²) in [6.07, 6.45) is 0. The molecule has 4 N–H and O–H groups in total. The van der Waals surface area contributed by atoms with Crippen molar-refractivity contribution in [3.63, 3.8) is 0 Å². The molecule has 1 unspecified atom stereocenters.